The summed E-state index contributed by atoms with van der Waals surface area (Å²) in [7, 11) is 0. The van der Waals surface area contributed by atoms with E-state index in [0.29, 0.717) is 16.9 Å². The third kappa shape index (κ3) is 2.86. The summed E-state index contributed by atoms with van der Waals surface area (Å²) >= 11 is 5.75. The SMILES string of the molecule is CC1(C)CC2CC(C)(CN2C(=S)Nc2ccc3ncncc3c2)C1. The molecule has 5 heteroatoms. The summed E-state index contributed by atoms with van der Waals surface area (Å²) in [6, 6.07) is 6.67. The van der Waals surface area contributed by atoms with E-state index in [-0.39, 0.29) is 0 Å². The van der Waals surface area contributed by atoms with Gasteiger partial charge in [-0.15, -0.1) is 0 Å². The largest absolute Gasteiger partial charge is 0.345 e. The van der Waals surface area contributed by atoms with Crippen LogP contribution in [-0.2, 0) is 0 Å². The zero-order chi connectivity index (χ0) is 16.9. The second-order valence-electron chi connectivity index (χ2n) is 8.57. The molecule has 1 N–H and O–H groups in total. The average Bonchev–Trinajstić information content (AvgIpc) is 2.76. The van der Waals surface area contributed by atoms with Crippen LogP contribution in [0.5, 0.6) is 0 Å². The number of rotatable bonds is 1. The van der Waals surface area contributed by atoms with Gasteiger partial charge in [0.2, 0.25) is 0 Å². The van der Waals surface area contributed by atoms with Gasteiger partial charge >= 0.3 is 0 Å². The highest BCUT2D eigenvalue weighted by atomic mass is 32.1. The highest BCUT2D eigenvalue weighted by molar-refractivity contribution is 7.80. The number of aromatic nitrogens is 2. The summed E-state index contributed by atoms with van der Waals surface area (Å²) in [6.45, 7) is 8.25. The van der Waals surface area contributed by atoms with Crippen molar-refractivity contribution in [3.63, 3.8) is 0 Å². The summed E-state index contributed by atoms with van der Waals surface area (Å²) in [6.07, 6.45) is 7.17. The smallest absolute Gasteiger partial charge is 0.173 e. The molecule has 4 nitrogen and oxygen atoms in total. The quantitative estimate of drug-likeness (QED) is 0.787. The van der Waals surface area contributed by atoms with Crippen molar-refractivity contribution in [2.24, 2.45) is 10.8 Å². The van der Waals surface area contributed by atoms with Crippen molar-refractivity contribution in [3.8, 4) is 0 Å². The van der Waals surface area contributed by atoms with Gasteiger partial charge in [-0.1, -0.05) is 20.8 Å². The van der Waals surface area contributed by atoms with Crippen LogP contribution in [0.15, 0.2) is 30.7 Å². The van der Waals surface area contributed by atoms with Crippen molar-refractivity contribution in [3.05, 3.63) is 30.7 Å². The minimum absolute atomic E-state index is 0.384. The predicted octanol–water partition coefficient (Wildman–Crippen LogP) is 4.23. The summed E-state index contributed by atoms with van der Waals surface area (Å²) in [5, 5.41) is 5.31. The molecule has 0 radical (unpaired) electrons. The molecule has 2 aromatic rings. The van der Waals surface area contributed by atoms with Crippen LogP contribution in [0, 0.1) is 10.8 Å². The Morgan fingerprint density at radius 3 is 2.96 bits per heavy atom. The third-order valence-corrected chi connectivity index (χ3v) is 5.77. The zero-order valence-electron chi connectivity index (χ0n) is 14.5. The molecule has 1 aromatic carbocycles. The van der Waals surface area contributed by atoms with Crippen LogP contribution in [0.25, 0.3) is 10.9 Å². The molecule has 4 rings (SSSR count). The van der Waals surface area contributed by atoms with E-state index in [1.54, 1.807) is 6.33 Å². The van der Waals surface area contributed by atoms with Gasteiger partial charge < -0.3 is 10.2 Å². The van der Waals surface area contributed by atoms with Gasteiger partial charge in [0.1, 0.15) is 6.33 Å². The van der Waals surface area contributed by atoms with E-state index in [1.165, 1.54) is 19.3 Å². The van der Waals surface area contributed by atoms with Gasteiger partial charge in [-0.3, -0.25) is 0 Å². The molecule has 1 aliphatic carbocycles. The maximum atomic E-state index is 5.75. The predicted molar refractivity (Wildman–Crippen MR) is 102 cm³/mol. The molecule has 126 valence electrons. The number of benzene rings is 1. The lowest BCUT2D eigenvalue weighted by Gasteiger charge is -2.39. The molecule has 2 atom stereocenters. The highest BCUT2D eigenvalue weighted by Gasteiger charge is 2.50. The molecule has 1 aromatic heterocycles. The van der Waals surface area contributed by atoms with Crippen LogP contribution in [0.2, 0.25) is 0 Å². The first kappa shape index (κ1) is 15.8. The van der Waals surface area contributed by atoms with Crippen molar-refractivity contribution < 1.29 is 0 Å². The van der Waals surface area contributed by atoms with Gasteiger partial charge in [0.05, 0.1) is 5.52 Å². The molecule has 2 heterocycles. The number of hydrogen-bond acceptors (Lipinski definition) is 3. The first-order valence-corrected chi connectivity index (χ1v) is 9.02. The highest BCUT2D eigenvalue weighted by Crippen LogP contribution is 2.52. The van der Waals surface area contributed by atoms with E-state index in [0.717, 1.165) is 28.2 Å². The topological polar surface area (TPSA) is 41.0 Å². The number of fused-ring (bicyclic) bond motifs is 3. The van der Waals surface area contributed by atoms with Crippen molar-refractivity contribution >= 4 is 33.9 Å². The van der Waals surface area contributed by atoms with Crippen LogP contribution < -0.4 is 5.32 Å². The molecule has 1 saturated heterocycles. The minimum Gasteiger partial charge on any atom is -0.345 e. The normalized spacial score (nSPS) is 28.1. The van der Waals surface area contributed by atoms with E-state index in [1.807, 2.05) is 18.3 Å². The van der Waals surface area contributed by atoms with Crippen molar-refractivity contribution in [1.82, 2.24) is 14.9 Å². The fraction of sp³-hybridized carbons (Fsp3) is 0.526. The number of thiocarbonyl (C=S) groups is 1. The van der Waals surface area contributed by atoms with Crippen LogP contribution in [0.1, 0.15) is 40.0 Å². The zero-order valence-corrected chi connectivity index (χ0v) is 15.4. The Morgan fingerprint density at radius 2 is 2.12 bits per heavy atom. The summed E-state index contributed by atoms with van der Waals surface area (Å²) in [4.78, 5) is 10.8. The van der Waals surface area contributed by atoms with Gasteiger partial charge in [-0.25, -0.2) is 9.97 Å². The number of anilines is 1. The van der Waals surface area contributed by atoms with Gasteiger partial charge in [-0.2, -0.15) is 0 Å². The lowest BCUT2D eigenvalue weighted by Crippen LogP contribution is -2.39. The molecule has 2 unspecified atom stereocenters. The Labute approximate surface area is 148 Å². The first-order chi connectivity index (χ1) is 11.3. The van der Waals surface area contributed by atoms with Crippen molar-refractivity contribution in [1.29, 1.82) is 0 Å². The maximum Gasteiger partial charge on any atom is 0.173 e. The van der Waals surface area contributed by atoms with Crippen molar-refractivity contribution in [2.45, 2.75) is 46.1 Å². The Hall–Kier alpha value is -1.75. The molecule has 0 spiro atoms. The number of hydrogen-bond donors (Lipinski definition) is 1. The number of likely N-dealkylation sites (tertiary alicyclic amines) is 1. The summed E-state index contributed by atoms with van der Waals surface area (Å²) in [5.74, 6) is 0. The van der Waals surface area contributed by atoms with Crippen LogP contribution in [0.4, 0.5) is 5.69 Å². The molecule has 2 bridgehead atoms. The van der Waals surface area contributed by atoms with Gasteiger partial charge in [0, 0.05) is 29.9 Å². The lowest BCUT2D eigenvalue weighted by molar-refractivity contribution is 0.132. The fourth-order valence-corrected chi connectivity index (χ4v) is 5.29. The minimum atomic E-state index is 0.384. The molecule has 1 aliphatic heterocycles. The van der Waals surface area contributed by atoms with E-state index in [9.17, 15) is 0 Å². The second kappa shape index (κ2) is 5.38. The Balaban J connectivity index is 1.54. The second-order valence-corrected chi connectivity index (χ2v) is 8.95. The Kier molecular flexibility index (Phi) is 3.53. The lowest BCUT2D eigenvalue weighted by atomic mass is 9.65. The molecule has 1 saturated carbocycles. The Bertz CT molecular complexity index is 803. The van der Waals surface area contributed by atoms with E-state index < -0.39 is 0 Å². The third-order valence-electron chi connectivity index (χ3n) is 5.43. The maximum absolute atomic E-state index is 5.75. The average molecular weight is 340 g/mol. The van der Waals surface area contributed by atoms with Crippen LogP contribution in [-0.4, -0.2) is 32.6 Å². The molecule has 2 aliphatic rings. The van der Waals surface area contributed by atoms with Gasteiger partial charge in [-0.05, 0) is 60.5 Å². The molecule has 0 amide bonds. The molecule has 24 heavy (non-hydrogen) atoms. The molecule has 2 fully saturated rings. The van der Waals surface area contributed by atoms with Crippen LogP contribution >= 0.6 is 12.2 Å². The Morgan fingerprint density at radius 1 is 1.29 bits per heavy atom. The van der Waals surface area contributed by atoms with Crippen LogP contribution in [0.3, 0.4) is 0 Å². The summed E-state index contributed by atoms with van der Waals surface area (Å²) in [5.41, 5.74) is 2.75. The first-order valence-electron chi connectivity index (χ1n) is 8.61. The number of nitrogens with zero attached hydrogens (tertiary/aromatic N) is 3. The monoisotopic (exact) mass is 340 g/mol. The van der Waals surface area contributed by atoms with Gasteiger partial charge in [0.25, 0.3) is 0 Å². The van der Waals surface area contributed by atoms with E-state index in [2.05, 4.69) is 47.0 Å². The van der Waals surface area contributed by atoms with Gasteiger partial charge in [0.15, 0.2) is 5.11 Å². The van der Waals surface area contributed by atoms with Crippen molar-refractivity contribution in [2.75, 3.05) is 11.9 Å². The van der Waals surface area contributed by atoms with E-state index in [4.69, 9.17) is 12.2 Å². The fourth-order valence-electron chi connectivity index (χ4n) is 4.96. The summed E-state index contributed by atoms with van der Waals surface area (Å²) < 4.78 is 0. The molecular weight excluding hydrogens is 316 g/mol. The standard InChI is InChI=1S/C19H24N4S/c1-18(2)7-15-8-19(3,10-18)11-23(15)17(24)22-14-4-5-16-13(6-14)9-20-12-21-16/h4-6,9,12,15H,7-8,10-11H2,1-3H3,(H,22,24). The number of nitrogens with one attached hydrogen (secondary N) is 1. The van der Waals surface area contributed by atoms with E-state index >= 15 is 0 Å². The molecular formula is C19H24N4S.